The molecule has 2 aliphatic heterocycles. The molecule has 120 valence electrons. The van der Waals surface area contributed by atoms with Gasteiger partial charge in [0.1, 0.15) is 0 Å². The van der Waals surface area contributed by atoms with Crippen LogP contribution < -0.4 is 5.56 Å². The first-order valence-corrected chi connectivity index (χ1v) is 8.16. The largest absolute Gasteiger partial charge is 0.338 e. The van der Waals surface area contributed by atoms with Crippen molar-refractivity contribution in [3.8, 4) is 0 Å². The molecule has 2 aliphatic rings. The molecule has 1 aromatic heterocycles. The van der Waals surface area contributed by atoms with Gasteiger partial charge in [-0.2, -0.15) is 0 Å². The molecular weight excluding hydrogens is 278 g/mol. The molecule has 0 aliphatic carbocycles. The van der Waals surface area contributed by atoms with Crippen molar-refractivity contribution in [2.45, 2.75) is 32.6 Å². The lowest BCUT2D eigenvalue weighted by molar-refractivity contribution is 0.0206. The SMILES string of the molecule is Cc1cc(C(=O)N2CCCC3(CCCN(C)C3)C2)cc(=O)[nH]1. The number of pyridine rings is 1. The third-order valence-corrected chi connectivity index (χ3v) is 5.03. The van der Waals surface area contributed by atoms with Crippen LogP contribution in [-0.4, -0.2) is 53.9 Å². The molecule has 0 radical (unpaired) electrons. The number of piperidine rings is 2. The molecule has 1 spiro atoms. The highest BCUT2D eigenvalue weighted by atomic mass is 16.2. The van der Waals surface area contributed by atoms with Gasteiger partial charge in [-0.1, -0.05) is 0 Å². The summed E-state index contributed by atoms with van der Waals surface area (Å²) in [6.07, 6.45) is 4.68. The second-order valence-electron chi connectivity index (χ2n) is 7.09. The minimum atomic E-state index is -0.201. The zero-order chi connectivity index (χ0) is 15.7. The molecule has 1 N–H and O–H groups in total. The van der Waals surface area contributed by atoms with Crippen LogP contribution in [0.15, 0.2) is 16.9 Å². The van der Waals surface area contributed by atoms with Crippen molar-refractivity contribution in [3.63, 3.8) is 0 Å². The van der Waals surface area contributed by atoms with E-state index in [0.29, 0.717) is 5.56 Å². The molecule has 22 heavy (non-hydrogen) atoms. The molecule has 5 heteroatoms. The van der Waals surface area contributed by atoms with Crippen LogP contribution in [0.1, 0.15) is 41.7 Å². The van der Waals surface area contributed by atoms with E-state index in [0.717, 1.165) is 38.3 Å². The van der Waals surface area contributed by atoms with Gasteiger partial charge >= 0.3 is 0 Å². The molecule has 0 saturated carbocycles. The zero-order valence-corrected chi connectivity index (χ0v) is 13.5. The van der Waals surface area contributed by atoms with E-state index in [-0.39, 0.29) is 16.9 Å². The highest BCUT2D eigenvalue weighted by Gasteiger charge is 2.39. The number of H-pyrrole nitrogens is 1. The standard InChI is InChI=1S/C17H25N3O2/c1-13-9-14(10-15(21)18-13)16(22)20-8-4-6-17(12-20)5-3-7-19(2)11-17/h9-10H,3-8,11-12H2,1-2H3,(H,18,21). The van der Waals surface area contributed by atoms with E-state index < -0.39 is 0 Å². The summed E-state index contributed by atoms with van der Waals surface area (Å²) in [5.74, 6) is 0.00139. The Morgan fingerprint density at radius 2 is 1.91 bits per heavy atom. The second-order valence-corrected chi connectivity index (χ2v) is 7.09. The molecule has 3 heterocycles. The number of nitrogens with one attached hydrogen (secondary N) is 1. The number of aromatic amines is 1. The van der Waals surface area contributed by atoms with Crippen LogP contribution in [0.25, 0.3) is 0 Å². The number of hydrogen-bond donors (Lipinski definition) is 1. The summed E-state index contributed by atoms with van der Waals surface area (Å²) >= 11 is 0. The smallest absolute Gasteiger partial charge is 0.254 e. The van der Waals surface area contributed by atoms with Gasteiger partial charge in [0.2, 0.25) is 5.56 Å². The van der Waals surface area contributed by atoms with Crippen LogP contribution in [0.3, 0.4) is 0 Å². The first kappa shape index (κ1) is 15.3. The minimum Gasteiger partial charge on any atom is -0.338 e. The Bertz CT molecular complexity index is 621. The van der Waals surface area contributed by atoms with Crippen molar-refractivity contribution in [1.82, 2.24) is 14.8 Å². The summed E-state index contributed by atoms with van der Waals surface area (Å²) in [5.41, 5.74) is 1.30. The van der Waals surface area contributed by atoms with Crippen molar-refractivity contribution in [2.24, 2.45) is 5.41 Å². The van der Waals surface area contributed by atoms with Gasteiger partial charge in [0.05, 0.1) is 0 Å². The lowest BCUT2D eigenvalue weighted by Crippen LogP contribution is -2.52. The normalized spacial score (nSPS) is 26.4. The van der Waals surface area contributed by atoms with Gasteiger partial charge in [0.15, 0.2) is 0 Å². The average Bonchev–Trinajstić information content (AvgIpc) is 2.45. The summed E-state index contributed by atoms with van der Waals surface area (Å²) in [5, 5.41) is 0. The number of amides is 1. The van der Waals surface area contributed by atoms with E-state index in [1.54, 1.807) is 6.07 Å². The molecule has 2 saturated heterocycles. The summed E-state index contributed by atoms with van der Waals surface area (Å²) < 4.78 is 0. The number of rotatable bonds is 1. The summed E-state index contributed by atoms with van der Waals surface area (Å²) in [7, 11) is 2.17. The van der Waals surface area contributed by atoms with Crippen LogP contribution >= 0.6 is 0 Å². The van der Waals surface area contributed by atoms with Crippen molar-refractivity contribution in [1.29, 1.82) is 0 Å². The van der Waals surface area contributed by atoms with E-state index >= 15 is 0 Å². The fraction of sp³-hybridized carbons (Fsp3) is 0.647. The highest BCUT2D eigenvalue weighted by molar-refractivity contribution is 5.94. The summed E-state index contributed by atoms with van der Waals surface area (Å²) in [6.45, 7) is 5.66. The Labute approximate surface area is 131 Å². The molecule has 1 aromatic rings. The molecule has 2 fully saturated rings. The number of hydrogen-bond acceptors (Lipinski definition) is 3. The molecule has 1 unspecified atom stereocenters. The highest BCUT2D eigenvalue weighted by Crippen LogP contribution is 2.38. The monoisotopic (exact) mass is 303 g/mol. The fourth-order valence-corrected chi connectivity index (χ4v) is 4.16. The second kappa shape index (κ2) is 5.88. The number of likely N-dealkylation sites (tertiary alicyclic amines) is 2. The molecule has 5 nitrogen and oxygen atoms in total. The van der Waals surface area contributed by atoms with Crippen LogP contribution in [-0.2, 0) is 0 Å². The Balaban J connectivity index is 1.79. The zero-order valence-electron chi connectivity index (χ0n) is 13.5. The molecule has 3 rings (SSSR count). The van der Waals surface area contributed by atoms with Gasteiger partial charge in [-0.05, 0) is 52.3 Å². The van der Waals surface area contributed by atoms with Crippen molar-refractivity contribution >= 4 is 5.91 Å². The maximum Gasteiger partial charge on any atom is 0.254 e. The van der Waals surface area contributed by atoms with E-state index in [4.69, 9.17) is 0 Å². The third kappa shape index (κ3) is 3.09. The van der Waals surface area contributed by atoms with Gasteiger partial charge in [-0.15, -0.1) is 0 Å². The molecule has 0 bridgehead atoms. The van der Waals surface area contributed by atoms with Crippen molar-refractivity contribution in [2.75, 3.05) is 33.2 Å². The number of carbonyl (C=O) groups excluding carboxylic acids is 1. The Morgan fingerprint density at radius 1 is 1.18 bits per heavy atom. The first-order valence-electron chi connectivity index (χ1n) is 8.16. The van der Waals surface area contributed by atoms with E-state index in [1.165, 1.54) is 25.3 Å². The van der Waals surface area contributed by atoms with Gasteiger partial charge in [0, 0.05) is 42.4 Å². The van der Waals surface area contributed by atoms with E-state index in [9.17, 15) is 9.59 Å². The van der Waals surface area contributed by atoms with Gasteiger partial charge < -0.3 is 14.8 Å². The molecule has 0 aromatic carbocycles. The Kier molecular flexibility index (Phi) is 4.08. The van der Waals surface area contributed by atoms with E-state index in [1.807, 2.05) is 11.8 Å². The van der Waals surface area contributed by atoms with Crippen LogP contribution in [0.2, 0.25) is 0 Å². The molecule has 1 atom stereocenters. The number of aromatic nitrogens is 1. The maximum absolute atomic E-state index is 12.8. The number of nitrogens with zero attached hydrogens (tertiary/aromatic N) is 2. The van der Waals surface area contributed by atoms with Crippen LogP contribution in [0.5, 0.6) is 0 Å². The van der Waals surface area contributed by atoms with Crippen molar-refractivity contribution < 1.29 is 4.79 Å². The predicted molar refractivity (Wildman–Crippen MR) is 86.1 cm³/mol. The molecule has 1 amide bonds. The molecular formula is C17H25N3O2. The Morgan fingerprint density at radius 3 is 2.59 bits per heavy atom. The Hall–Kier alpha value is -1.62. The van der Waals surface area contributed by atoms with Gasteiger partial charge in [-0.3, -0.25) is 9.59 Å². The maximum atomic E-state index is 12.8. The lowest BCUT2D eigenvalue weighted by atomic mass is 9.74. The number of aryl methyl sites for hydroxylation is 1. The summed E-state index contributed by atoms with van der Waals surface area (Å²) in [4.78, 5) is 31.4. The quantitative estimate of drug-likeness (QED) is 0.858. The lowest BCUT2D eigenvalue weighted by Gasteiger charge is -2.47. The predicted octanol–water partition coefficient (Wildman–Crippen LogP) is 1.63. The average molecular weight is 303 g/mol. The number of carbonyl (C=O) groups is 1. The fourth-order valence-electron chi connectivity index (χ4n) is 4.16. The van der Waals surface area contributed by atoms with Gasteiger partial charge in [-0.25, -0.2) is 0 Å². The van der Waals surface area contributed by atoms with Crippen LogP contribution in [0.4, 0.5) is 0 Å². The topological polar surface area (TPSA) is 56.4 Å². The van der Waals surface area contributed by atoms with Gasteiger partial charge in [0.25, 0.3) is 5.91 Å². The third-order valence-electron chi connectivity index (χ3n) is 5.03. The van der Waals surface area contributed by atoms with E-state index in [2.05, 4.69) is 16.9 Å². The minimum absolute atomic E-state index is 0.00139. The van der Waals surface area contributed by atoms with Crippen molar-refractivity contribution in [3.05, 3.63) is 33.7 Å². The van der Waals surface area contributed by atoms with Crippen LogP contribution in [0, 0.1) is 12.3 Å². The first-order chi connectivity index (χ1) is 10.5. The summed E-state index contributed by atoms with van der Waals surface area (Å²) in [6, 6.07) is 3.20.